The van der Waals surface area contributed by atoms with Crippen LogP contribution in [0.3, 0.4) is 0 Å². The Labute approximate surface area is 174 Å². The molecule has 0 aliphatic rings. The van der Waals surface area contributed by atoms with Gasteiger partial charge < -0.3 is 10.1 Å². The van der Waals surface area contributed by atoms with Gasteiger partial charge in [-0.15, -0.1) is 11.3 Å². The lowest BCUT2D eigenvalue weighted by Crippen LogP contribution is -2.14. The molecule has 1 N–H and O–H groups in total. The molecular formula is C21H22N2O4S2. The molecule has 0 saturated carbocycles. The van der Waals surface area contributed by atoms with E-state index in [-0.39, 0.29) is 29.4 Å². The highest BCUT2D eigenvalue weighted by molar-refractivity contribution is 7.91. The van der Waals surface area contributed by atoms with Crippen molar-refractivity contribution in [1.82, 2.24) is 4.98 Å². The van der Waals surface area contributed by atoms with Gasteiger partial charge in [0.15, 0.2) is 15.0 Å². The van der Waals surface area contributed by atoms with Gasteiger partial charge in [-0.1, -0.05) is 18.2 Å². The Morgan fingerprint density at radius 3 is 2.62 bits per heavy atom. The van der Waals surface area contributed by atoms with Crippen LogP contribution in [0.1, 0.15) is 18.4 Å². The van der Waals surface area contributed by atoms with Crippen LogP contribution in [0.4, 0.5) is 5.13 Å². The molecule has 0 aliphatic carbocycles. The molecule has 0 unspecified atom stereocenters. The molecule has 0 atom stereocenters. The molecule has 8 heteroatoms. The number of aromatic nitrogens is 1. The number of anilines is 1. The number of methoxy groups -OCH3 is 1. The summed E-state index contributed by atoms with van der Waals surface area (Å²) in [4.78, 5) is 16.9. The molecular weight excluding hydrogens is 408 g/mol. The molecule has 0 radical (unpaired) electrons. The van der Waals surface area contributed by atoms with E-state index >= 15 is 0 Å². The summed E-state index contributed by atoms with van der Waals surface area (Å²) in [5, 5.41) is 5.11. The fourth-order valence-corrected chi connectivity index (χ4v) is 4.92. The average Bonchev–Trinajstić information content (AvgIpc) is 3.17. The third-order valence-electron chi connectivity index (χ3n) is 4.36. The fourth-order valence-electron chi connectivity index (χ4n) is 2.85. The number of carbonyl (C=O) groups is 1. The van der Waals surface area contributed by atoms with Gasteiger partial charge >= 0.3 is 0 Å². The van der Waals surface area contributed by atoms with Crippen LogP contribution in [0.2, 0.25) is 0 Å². The van der Waals surface area contributed by atoms with Crippen molar-refractivity contribution in [2.24, 2.45) is 0 Å². The molecule has 0 bridgehead atoms. The molecule has 6 nitrogen and oxygen atoms in total. The van der Waals surface area contributed by atoms with Crippen molar-refractivity contribution in [2.75, 3.05) is 18.2 Å². The van der Waals surface area contributed by atoms with E-state index in [9.17, 15) is 13.2 Å². The number of rotatable bonds is 8. The van der Waals surface area contributed by atoms with Gasteiger partial charge in [-0.2, -0.15) is 0 Å². The lowest BCUT2D eigenvalue weighted by Gasteiger charge is -2.06. The van der Waals surface area contributed by atoms with Crippen LogP contribution in [0, 0.1) is 6.92 Å². The Morgan fingerprint density at radius 2 is 1.93 bits per heavy atom. The van der Waals surface area contributed by atoms with Crippen LogP contribution in [-0.2, 0) is 14.6 Å². The van der Waals surface area contributed by atoms with Crippen molar-refractivity contribution in [2.45, 2.75) is 24.7 Å². The Hall–Kier alpha value is -2.71. The van der Waals surface area contributed by atoms with Crippen LogP contribution in [-0.4, -0.2) is 32.2 Å². The number of sulfone groups is 1. The Balaban J connectivity index is 1.55. The number of hydrogen-bond donors (Lipinski definition) is 1. The predicted molar refractivity (Wildman–Crippen MR) is 115 cm³/mol. The molecule has 1 aromatic heterocycles. The smallest absolute Gasteiger partial charge is 0.226 e. The van der Waals surface area contributed by atoms with Crippen LogP contribution in [0.25, 0.3) is 11.3 Å². The minimum Gasteiger partial charge on any atom is -0.496 e. The summed E-state index contributed by atoms with van der Waals surface area (Å²) < 4.78 is 29.8. The number of amides is 1. The maximum absolute atomic E-state index is 12.3. The number of ether oxygens (including phenoxy) is 1. The maximum atomic E-state index is 12.3. The maximum Gasteiger partial charge on any atom is 0.226 e. The number of nitrogens with zero attached hydrogens (tertiary/aromatic N) is 1. The zero-order valence-corrected chi connectivity index (χ0v) is 17.8. The summed E-state index contributed by atoms with van der Waals surface area (Å²) in [5.74, 6) is 0.488. The number of nitrogens with one attached hydrogen (secondary N) is 1. The van der Waals surface area contributed by atoms with Crippen LogP contribution in [0.5, 0.6) is 5.75 Å². The number of benzene rings is 2. The second-order valence-corrected chi connectivity index (χ2v) is 9.47. The molecule has 0 fully saturated rings. The highest BCUT2D eigenvalue weighted by atomic mass is 32.2. The van der Waals surface area contributed by atoms with Gasteiger partial charge in [0, 0.05) is 17.4 Å². The molecule has 2 aromatic carbocycles. The summed E-state index contributed by atoms with van der Waals surface area (Å²) in [5.41, 5.74) is 2.71. The van der Waals surface area contributed by atoms with E-state index in [1.165, 1.54) is 11.3 Å². The summed E-state index contributed by atoms with van der Waals surface area (Å²) >= 11 is 1.33. The predicted octanol–water partition coefficient (Wildman–Crippen LogP) is 4.32. The second-order valence-electron chi connectivity index (χ2n) is 6.51. The second kappa shape index (κ2) is 9.19. The van der Waals surface area contributed by atoms with Crippen molar-refractivity contribution in [3.8, 4) is 17.0 Å². The van der Waals surface area contributed by atoms with Gasteiger partial charge in [-0.3, -0.25) is 4.79 Å². The summed E-state index contributed by atoms with van der Waals surface area (Å²) in [6.07, 6.45) is 0.363. The minimum atomic E-state index is -3.37. The normalized spacial score (nSPS) is 11.2. The van der Waals surface area contributed by atoms with E-state index in [0.29, 0.717) is 5.13 Å². The molecule has 1 amide bonds. The number of thiazole rings is 1. The quantitative estimate of drug-likeness (QED) is 0.575. The lowest BCUT2D eigenvalue weighted by molar-refractivity contribution is -0.116. The van der Waals surface area contributed by atoms with Crippen LogP contribution in [0.15, 0.2) is 58.8 Å². The topological polar surface area (TPSA) is 85.4 Å². The van der Waals surface area contributed by atoms with Crippen molar-refractivity contribution in [3.05, 3.63) is 59.5 Å². The number of hydrogen-bond acceptors (Lipinski definition) is 6. The molecule has 0 aliphatic heterocycles. The summed E-state index contributed by atoms with van der Waals surface area (Å²) in [6, 6.07) is 14.0. The Morgan fingerprint density at radius 1 is 1.17 bits per heavy atom. The van der Waals surface area contributed by atoms with Crippen LogP contribution < -0.4 is 10.1 Å². The Bertz CT molecular complexity index is 1090. The lowest BCUT2D eigenvalue weighted by atomic mass is 10.1. The Kier molecular flexibility index (Phi) is 6.66. The average molecular weight is 431 g/mol. The van der Waals surface area contributed by atoms with Gasteiger partial charge in [0.25, 0.3) is 0 Å². The molecule has 0 saturated heterocycles. The molecule has 3 rings (SSSR count). The van der Waals surface area contributed by atoms with Gasteiger partial charge in [0.1, 0.15) is 5.75 Å². The van der Waals surface area contributed by atoms with E-state index in [1.807, 2.05) is 30.5 Å². The van der Waals surface area contributed by atoms with E-state index in [0.717, 1.165) is 22.6 Å². The first-order valence-corrected chi connectivity index (χ1v) is 11.6. The zero-order valence-electron chi connectivity index (χ0n) is 16.2. The molecule has 3 aromatic rings. The van der Waals surface area contributed by atoms with E-state index in [4.69, 9.17) is 4.74 Å². The largest absolute Gasteiger partial charge is 0.496 e. The van der Waals surface area contributed by atoms with Crippen molar-refractivity contribution in [3.63, 3.8) is 0 Å². The summed E-state index contributed by atoms with van der Waals surface area (Å²) in [7, 11) is -1.75. The number of aryl methyl sites for hydroxylation is 1. The van der Waals surface area contributed by atoms with Gasteiger partial charge in [0.05, 0.1) is 23.5 Å². The van der Waals surface area contributed by atoms with E-state index < -0.39 is 9.84 Å². The van der Waals surface area contributed by atoms with Crippen LogP contribution >= 0.6 is 11.3 Å². The van der Waals surface area contributed by atoms with Crippen molar-refractivity contribution in [1.29, 1.82) is 0 Å². The first-order valence-electron chi connectivity index (χ1n) is 9.07. The monoisotopic (exact) mass is 430 g/mol. The van der Waals surface area contributed by atoms with Gasteiger partial charge in [-0.25, -0.2) is 13.4 Å². The van der Waals surface area contributed by atoms with E-state index in [2.05, 4.69) is 10.3 Å². The molecule has 152 valence electrons. The fraction of sp³-hybridized carbons (Fsp3) is 0.238. The van der Waals surface area contributed by atoms with Crippen molar-refractivity contribution < 1.29 is 17.9 Å². The molecule has 0 spiro atoms. The zero-order chi connectivity index (χ0) is 20.9. The third-order valence-corrected chi connectivity index (χ3v) is 6.93. The highest BCUT2D eigenvalue weighted by Crippen LogP contribution is 2.28. The highest BCUT2D eigenvalue weighted by Gasteiger charge is 2.15. The SMILES string of the molecule is COc1ccc(-c2csc(NC(=O)CCCS(=O)(=O)c3ccccc3)n2)cc1C. The van der Waals surface area contributed by atoms with Crippen molar-refractivity contribution >= 4 is 32.2 Å². The summed E-state index contributed by atoms with van der Waals surface area (Å²) in [6.45, 7) is 1.96. The first kappa shape index (κ1) is 21.0. The molecule has 1 heterocycles. The van der Waals surface area contributed by atoms with Gasteiger partial charge in [-0.05, 0) is 49.2 Å². The van der Waals surface area contributed by atoms with Gasteiger partial charge in [0.2, 0.25) is 5.91 Å². The number of carbonyl (C=O) groups excluding carboxylic acids is 1. The van der Waals surface area contributed by atoms with E-state index in [1.54, 1.807) is 37.4 Å². The first-order chi connectivity index (χ1) is 13.9. The standard InChI is InChI=1S/C21H22N2O4S2/c1-15-13-16(10-11-19(15)27-2)18-14-28-21(22-18)23-20(24)9-6-12-29(25,26)17-7-4-3-5-8-17/h3-5,7-8,10-11,13-14H,6,9,12H2,1-2H3,(H,22,23,24). The molecule has 29 heavy (non-hydrogen) atoms. The third kappa shape index (κ3) is 5.42. The minimum absolute atomic E-state index is 0.0708.